The number of likely N-dealkylation sites (N-methyl/N-ethyl adjacent to an activating group) is 1. The van der Waals surface area contributed by atoms with Gasteiger partial charge in [0.15, 0.2) is 0 Å². The van der Waals surface area contributed by atoms with Gasteiger partial charge in [0.2, 0.25) is 0 Å². The highest BCUT2D eigenvalue weighted by molar-refractivity contribution is 5.44. The van der Waals surface area contributed by atoms with Gasteiger partial charge in [-0.15, -0.1) is 0 Å². The first-order chi connectivity index (χ1) is 9.54. The van der Waals surface area contributed by atoms with E-state index in [2.05, 4.69) is 52.1 Å². The van der Waals surface area contributed by atoms with Crippen molar-refractivity contribution in [3.8, 4) is 0 Å². The number of nitrogens with one attached hydrogen (secondary N) is 1. The highest BCUT2D eigenvalue weighted by Gasteiger charge is 2.23. The molecule has 0 amide bonds. The molecule has 0 saturated carbocycles. The Balaban J connectivity index is 2.55. The summed E-state index contributed by atoms with van der Waals surface area (Å²) in [6.45, 7) is 13.9. The molecule has 2 heteroatoms. The van der Waals surface area contributed by atoms with Gasteiger partial charge >= 0.3 is 0 Å². The zero-order valence-electron chi connectivity index (χ0n) is 13.6. The number of hydrogen-bond acceptors (Lipinski definition) is 2. The Morgan fingerprint density at radius 3 is 2.55 bits per heavy atom. The average Bonchev–Trinajstić information content (AvgIpc) is 2.60. The van der Waals surface area contributed by atoms with Gasteiger partial charge in [-0.2, -0.15) is 0 Å². The lowest BCUT2D eigenvalue weighted by Gasteiger charge is -2.23. The van der Waals surface area contributed by atoms with Crippen LogP contribution in [-0.4, -0.2) is 19.8 Å². The fourth-order valence-electron chi connectivity index (χ4n) is 3.07. The second-order valence-electron chi connectivity index (χ2n) is 6.42. The predicted octanol–water partition coefficient (Wildman–Crippen LogP) is 4.16. The van der Waals surface area contributed by atoms with E-state index in [1.807, 2.05) is 0 Å². The second-order valence-corrected chi connectivity index (χ2v) is 6.42. The molecule has 2 rings (SSSR count). The van der Waals surface area contributed by atoms with Crippen molar-refractivity contribution in [3.05, 3.63) is 34.4 Å². The van der Waals surface area contributed by atoms with Crippen molar-refractivity contribution < 1.29 is 4.74 Å². The maximum Gasteiger partial charge on any atom is 0.0661 e. The van der Waals surface area contributed by atoms with Gasteiger partial charge in [-0.3, -0.25) is 0 Å². The van der Waals surface area contributed by atoms with E-state index in [0.717, 1.165) is 26.2 Å². The van der Waals surface area contributed by atoms with Gasteiger partial charge < -0.3 is 10.1 Å². The molecule has 0 saturated heterocycles. The van der Waals surface area contributed by atoms with Crippen molar-refractivity contribution in [2.45, 2.75) is 58.9 Å². The summed E-state index contributed by atoms with van der Waals surface area (Å²) < 4.78 is 5.81. The van der Waals surface area contributed by atoms with Crippen LogP contribution in [-0.2, 0) is 11.2 Å². The van der Waals surface area contributed by atoms with Crippen LogP contribution in [0.15, 0.2) is 12.1 Å². The maximum absolute atomic E-state index is 5.81. The Hall–Kier alpha value is -0.860. The predicted molar refractivity (Wildman–Crippen MR) is 85.6 cm³/mol. The zero-order valence-corrected chi connectivity index (χ0v) is 13.6. The van der Waals surface area contributed by atoms with Crippen molar-refractivity contribution in [1.82, 2.24) is 5.32 Å². The summed E-state index contributed by atoms with van der Waals surface area (Å²) in [5.41, 5.74) is 5.96. The van der Waals surface area contributed by atoms with E-state index >= 15 is 0 Å². The van der Waals surface area contributed by atoms with Gasteiger partial charge in [-0.05, 0) is 47.1 Å². The minimum absolute atomic E-state index is 0.341. The molecular formula is C18H29NO. The number of hydrogen-bond donors (Lipinski definition) is 1. The van der Waals surface area contributed by atoms with E-state index in [9.17, 15) is 0 Å². The molecule has 1 aromatic rings. The molecule has 0 spiro atoms. The molecule has 1 atom stereocenters. The lowest BCUT2D eigenvalue weighted by Crippen LogP contribution is -2.25. The minimum Gasteiger partial charge on any atom is -0.379 e. The third-order valence-corrected chi connectivity index (χ3v) is 4.24. The van der Waals surface area contributed by atoms with Gasteiger partial charge in [0, 0.05) is 0 Å². The minimum atomic E-state index is 0.341. The Morgan fingerprint density at radius 1 is 1.20 bits per heavy atom. The molecule has 20 heavy (non-hydrogen) atoms. The van der Waals surface area contributed by atoms with E-state index in [1.54, 1.807) is 0 Å². The molecule has 0 radical (unpaired) electrons. The third kappa shape index (κ3) is 3.24. The summed E-state index contributed by atoms with van der Waals surface area (Å²) in [5, 5.41) is 3.59. The molecule has 1 aliphatic heterocycles. The van der Waals surface area contributed by atoms with Gasteiger partial charge in [-0.25, -0.2) is 0 Å². The summed E-state index contributed by atoms with van der Waals surface area (Å²) in [7, 11) is 0. The van der Waals surface area contributed by atoms with Crippen LogP contribution in [0, 0.1) is 0 Å². The maximum atomic E-state index is 5.81. The molecule has 1 unspecified atom stereocenters. The SMILES string of the molecule is CCNC1COCCc2c(C(C)C)cc(C(C)C)cc21. The molecule has 0 bridgehead atoms. The van der Waals surface area contributed by atoms with E-state index < -0.39 is 0 Å². The molecule has 1 aliphatic rings. The van der Waals surface area contributed by atoms with E-state index in [1.165, 1.54) is 22.3 Å². The molecule has 0 aromatic heterocycles. The first-order valence-corrected chi connectivity index (χ1v) is 8.02. The van der Waals surface area contributed by atoms with Crippen molar-refractivity contribution >= 4 is 0 Å². The van der Waals surface area contributed by atoms with Crippen LogP contribution in [0.2, 0.25) is 0 Å². The molecule has 112 valence electrons. The normalized spacial score (nSPS) is 19.2. The van der Waals surface area contributed by atoms with Gasteiger partial charge in [0.1, 0.15) is 0 Å². The molecule has 2 nitrogen and oxygen atoms in total. The van der Waals surface area contributed by atoms with Crippen LogP contribution >= 0.6 is 0 Å². The van der Waals surface area contributed by atoms with Crippen LogP contribution in [0.4, 0.5) is 0 Å². The first-order valence-electron chi connectivity index (χ1n) is 8.02. The third-order valence-electron chi connectivity index (χ3n) is 4.24. The molecular weight excluding hydrogens is 246 g/mol. The molecule has 1 heterocycles. The summed E-state index contributed by atoms with van der Waals surface area (Å²) >= 11 is 0. The van der Waals surface area contributed by atoms with Crippen molar-refractivity contribution in [2.75, 3.05) is 19.8 Å². The van der Waals surface area contributed by atoms with Crippen molar-refractivity contribution in [3.63, 3.8) is 0 Å². The highest BCUT2D eigenvalue weighted by Crippen LogP contribution is 2.33. The molecule has 0 fully saturated rings. The molecule has 1 aromatic carbocycles. The number of benzene rings is 1. The molecule has 0 aliphatic carbocycles. The topological polar surface area (TPSA) is 21.3 Å². The number of rotatable bonds is 4. The zero-order chi connectivity index (χ0) is 14.7. The Bertz CT molecular complexity index is 451. The first kappa shape index (κ1) is 15.5. The quantitative estimate of drug-likeness (QED) is 0.891. The number of ether oxygens (including phenoxy) is 1. The number of fused-ring (bicyclic) bond motifs is 1. The Kier molecular flexibility index (Phi) is 5.22. The van der Waals surface area contributed by atoms with Gasteiger partial charge in [0.25, 0.3) is 0 Å². The fraction of sp³-hybridized carbons (Fsp3) is 0.667. The van der Waals surface area contributed by atoms with Crippen LogP contribution < -0.4 is 5.32 Å². The summed E-state index contributed by atoms with van der Waals surface area (Å²) in [4.78, 5) is 0. The fourth-order valence-corrected chi connectivity index (χ4v) is 3.07. The summed E-state index contributed by atoms with van der Waals surface area (Å²) in [6, 6.07) is 5.17. The monoisotopic (exact) mass is 275 g/mol. The molecule has 1 N–H and O–H groups in total. The largest absolute Gasteiger partial charge is 0.379 e. The lowest BCUT2D eigenvalue weighted by atomic mass is 9.85. The van der Waals surface area contributed by atoms with Crippen LogP contribution in [0.1, 0.15) is 74.8 Å². The van der Waals surface area contributed by atoms with Crippen molar-refractivity contribution in [1.29, 1.82) is 0 Å². The standard InChI is InChI=1S/C18H29NO/c1-6-19-18-11-20-8-7-15-16(13(4)5)9-14(12(2)3)10-17(15)18/h9-10,12-13,18-19H,6-8,11H2,1-5H3. The Labute approximate surface area is 123 Å². The van der Waals surface area contributed by atoms with Crippen molar-refractivity contribution in [2.24, 2.45) is 0 Å². The van der Waals surface area contributed by atoms with E-state index in [-0.39, 0.29) is 0 Å². The van der Waals surface area contributed by atoms with Crippen LogP contribution in [0.3, 0.4) is 0 Å². The second kappa shape index (κ2) is 6.73. The smallest absolute Gasteiger partial charge is 0.0661 e. The lowest BCUT2D eigenvalue weighted by molar-refractivity contribution is 0.122. The van der Waals surface area contributed by atoms with E-state index in [4.69, 9.17) is 4.74 Å². The Morgan fingerprint density at radius 2 is 1.95 bits per heavy atom. The summed E-state index contributed by atoms with van der Waals surface area (Å²) in [6.07, 6.45) is 1.04. The van der Waals surface area contributed by atoms with Gasteiger partial charge in [0.05, 0.1) is 19.3 Å². The van der Waals surface area contributed by atoms with Gasteiger partial charge in [-0.1, -0.05) is 46.8 Å². The van der Waals surface area contributed by atoms with Crippen LogP contribution in [0.25, 0.3) is 0 Å². The van der Waals surface area contributed by atoms with Crippen LogP contribution in [0.5, 0.6) is 0 Å². The average molecular weight is 275 g/mol. The van der Waals surface area contributed by atoms with E-state index in [0.29, 0.717) is 17.9 Å². The summed E-state index contributed by atoms with van der Waals surface area (Å²) in [5.74, 6) is 1.15. The highest BCUT2D eigenvalue weighted by atomic mass is 16.5.